The maximum Gasteiger partial charge on any atom is 0.164 e. The van der Waals surface area contributed by atoms with Crippen molar-refractivity contribution in [3.8, 4) is 11.3 Å². The van der Waals surface area contributed by atoms with E-state index in [-0.39, 0.29) is 17.2 Å². The number of nitrogens with zero attached hydrogens (tertiary/aromatic N) is 3. The van der Waals surface area contributed by atoms with Crippen molar-refractivity contribution in [2.45, 2.75) is 38.6 Å². The largest absolute Gasteiger partial charge is 0.376 e. The van der Waals surface area contributed by atoms with Crippen LogP contribution < -0.4 is 10.8 Å². The normalized spacial score (nSPS) is 14.8. The minimum Gasteiger partial charge on any atom is -0.376 e. The lowest BCUT2D eigenvalue weighted by Gasteiger charge is -2.22. The summed E-state index contributed by atoms with van der Waals surface area (Å²) in [6.07, 6.45) is 3.44. The maximum atomic E-state index is 15.2. The van der Waals surface area contributed by atoms with E-state index in [4.69, 9.17) is 0 Å². The standard InChI is InChI=1S/C27H26F3N4OP/c1-14(18-6-5-7-19(28)24(18)30)33-27-23(16-8-9-16)15(2)32-21-12-20(29)25(34-26(21)27)17-10-11-22(31-13-17)36(3,4)35/h5-7,10-14,16H,8-9H2,1-4H3,(H,32,33)/t14-/m1/s1. The van der Waals surface area contributed by atoms with Gasteiger partial charge in [0.05, 0.1) is 22.7 Å². The SMILES string of the molecule is Cc1nc2cc(F)c(-c3ccc(P(C)(C)=O)nc3)nc2c(N[C@H](C)c2cccc(F)c2F)c1C1CC1. The Labute approximate surface area is 207 Å². The summed E-state index contributed by atoms with van der Waals surface area (Å²) < 4.78 is 56.0. The molecule has 36 heavy (non-hydrogen) atoms. The molecule has 0 saturated heterocycles. The third-order valence-corrected chi connectivity index (χ3v) is 7.88. The van der Waals surface area contributed by atoms with Gasteiger partial charge in [0.2, 0.25) is 0 Å². The molecule has 1 atom stereocenters. The molecule has 0 bridgehead atoms. The number of hydrogen-bond acceptors (Lipinski definition) is 5. The molecule has 1 N–H and O–H groups in total. The predicted molar refractivity (Wildman–Crippen MR) is 137 cm³/mol. The van der Waals surface area contributed by atoms with Crippen molar-refractivity contribution < 1.29 is 17.7 Å². The lowest BCUT2D eigenvalue weighted by Crippen LogP contribution is -2.13. The van der Waals surface area contributed by atoms with Gasteiger partial charge in [-0.3, -0.25) is 9.97 Å². The summed E-state index contributed by atoms with van der Waals surface area (Å²) in [7, 11) is -2.56. The van der Waals surface area contributed by atoms with Crippen LogP contribution in [0, 0.1) is 24.4 Å². The van der Waals surface area contributed by atoms with Crippen LogP contribution in [0.3, 0.4) is 0 Å². The topological polar surface area (TPSA) is 67.8 Å². The van der Waals surface area contributed by atoms with Crippen LogP contribution in [0.2, 0.25) is 0 Å². The summed E-state index contributed by atoms with van der Waals surface area (Å²) >= 11 is 0. The number of aryl methyl sites for hydroxylation is 1. The van der Waals surface area contributed by atoms with Gasteiger partial charge < -0.3 is 9.88 Å². The molecule has 3 heterocycles. The van der Waals surface area contributed by atoms with Gasteiger partial charge in [-0.1, -0.05) is 12.1 Å². The molecule has 186 valence electrons. The van der Waals surface area contributed by atoms with Gasteiger partial charge in [0, 0.05) is 34.6 Å². The summed E-state index contributed by atoms with van der Waals surface area (Å²) in [5.74, 6) is -2.11. The second-order valence-electron chi connectivity index (χ2n) is 9.71. The lowest BCUT2D eigenvalue weighted by molar-refractivity contribution is 0.494. The summed E-state index contributed by atoms with van der Waals surface area (Å²) in [5.41, 5.74) is 4.34. The number of benzene rings is 1. The van der Waals surface area contributed by atoms with Gasteiger partial charge in [-0.25, -0.2) is 18.2 Å². The highest BCUT2D eigenvalue weighted by atomic mass is 31.2. The van der Waals surface area contributed by atoms with Crippen LogP contribution >= 0.6 is 7.14 Å². The van der Waals surface area contributed by atoms with E-state index in [1.807, 2.05) is 6.92 Å². The van der Waals surface area contributed by atoms with Crippen LogP contribution in [0.25, 0.3) is 22.3 Å². The van der Waals surface area contributed by atoms with Gasteiger partial charge >= 0.3 is 0 Å². The summed E-state index contributed by atoms with van der Waals surface area (Å²) in [6.45, 7) is 6.86. The van der Waals surface area contributed by atoms with Crippen LogP contribution in [-0.2, 0) is 4.57 Å². The third kappa shape index (κ3) is 4.50. The van der Waals surface area contributed by atoms with E-state index in [0.717, 1.165) is 30.2 Å². The number of aromatic nitrogens is 3. The van der Waals surface area contributed by atoms with E-state index in [0.29, 0.717) is 27.7 Å². The van der Waals surface area contributed by atoms with Crippen molar-refractivity contribution >= 4 is 29.3 Å². The first-order valence-corrected chi connectivity index (χ1v) is 14.4. The number of anilines is 1. The second kappa shape index (κ2) is 9.00. The number of rotatable bonds is 6. The molecule has 1 aromatic carbocycles. The number of nitrogens with one attached hydrogen (secondary N) is 1. The Bertz CT molecular complexity index is 1530. The van der Waals surface area contributed by atoms with Gasteiger partial charge in [0.25, 0.3) is 0 Å². The molecular formula is C27H26F3N4OP. The third-order valence-electron chi connectivity index (χ3n) is 6.51. The molecule has 5 nitrogen and oxygen atoms in total. The van der Waals surface area contributed by atoms with Crippen molar-refractivity contribution in [2.24, 2.45) is 0 Å². The van der Waals surface area contributed by atoms with E-state index in [9.17, 15) is 13.3 Å². The van der Waals surface area contributed by atoms with Crippen molar-refractivity contribution in [2.75, 3.05) is 18.6 Å². The molecular weight excluding hydrogens is 484 g/mol. The van der Waals surface area contributed by atoms with Crippen molar-refractivity contribution in [3.63, 3.8) is 0 Å². The van der Waals surface area contributed by atoms with Crippen molar-refractivity contribution in [1.29, 1.82) is 0 Å². The Kier molecular flexibility index (Phi) is 6.11. The molecule has 1 fully saturated rings. The Balaban J connectivity index is 1.66. The van der Waals surface area contributed by atoms with Gasteiger partial charge in [-0.2, -0.15) is 0 Å². The number of hydrogen-bond donors (Lipinski definition) is 1. The zero-order valence-electron chi connectivity index (χ0n) is 20.4. The highest BCUT2D eigenvalue weighted by Crippen LogP contribution is 2.47. The zero-order chi connectivity index (χ0) is 25.8. The van der Waals surface area contributed by atoms with Gasteiger partial charge in [0.1, 0.15) is 18.4 Å². The first kappa shape index (κ1) is 24.4. The van der Waals surface area contributed by atoms with E-state index in [1.165, 1.54) is 24.4 Å². The smallest absolute Gasteiger partial charge is 0.164 e. The average molecular weight is 511 g/mol. The molecule has 1 saturated carbocycles. The fourth-order valence-electron chi connectivity index (χ4n) is 4.51. The molecule has 0 unspecified atom stereocenters. The highest BCUT2D eigenvalue weighted by Gasteiger charge is 2.31. The van der Waals surface area contributed by atoms with Crippen LogP contribution in [0.5, 0.6) is 0 Å². The molecule has 0 radical (unpaired) electrons. The van der Waals surface area contributed by atoms with Crippen LogP contribution in [-0.4, -0.2) is 28.3 Å². The molecule has 3 aromatic heterocycles. The molecule has 0 spiro atoms. The number of fused-ring (bicyclic) bond motifs is 1. The molecule has 5 rings (SSSR count). The van der Waals surface area contributed by atoms with E-state index < -0.39 is 30.6 Å². The second-order valence-corrected chi connectivity index (χ2v) is 12.9. The molecule has 0 aliphatic heterocycles. The maximum absolute atomic E-state index is 15.2. The average Bonchev–Trinajstić information content (AvgIpc) is 3.65. The highest BCUT2D eigenvalue weighted by molar-refractivity contribution is 7.69. The van der Waals surface area contributed by atoms with Gasteiger partial charge in [0.15, 0.2) is 17.5 Å². The van der Waals surface area contributed by atoms with Gasteiger partial charge in [-0.15, -0.1) is 0 Å². The Morgan fingerprint density at radius 3 is 2.44 bits per heavy atom. The van der Waals surface area contributed by atoms with E-state index >= 15 is 4.39 Å². The fourth-order valence-corrected chi connectivity index (χ4v) is 5.28. The van der Waals surface area contributed by atoms with Crippen molar-refractivity contribution in [1.82, 2.24) is 15.0 Å². The van der Waals surface area contributed by atoms with Crippen LogP contribution in [0.4, 0.5) is 18.9 Å². The van der Waals surface area contributed by atoms with E-state index in [2.05, 4.69) is 20.3 Å². The molecule has 9 heteroatoms. The lowest BCUT2D eigenvalue weighted by atomic mass is 10.0. The molecule has 1 aliphatic rings. The monoisotopic (exact) mass is 510 g/mol. The zero-order valence-corrected chi connectivity index (χ0v) is 21.3. The first-order chi connectivity index (χ1) is 17.0. The summed E-state index contributed by atoms with van der Waals surface area (Å²) in [4.78, 5) is 13.5. The summed E-state index contributed by atoms with van der Waals surface area (Å²) in [6, 6.07) is 8.12. The summed E-state index contributed by atoms with van der Waals surface area (Å²) in [5, 5.41) is 3.34. The van der Waals surface area contributed by atoms with Crippen LogP contribution in [0.1, 0.15) is 48.5 Å². The first-order valence-electron chi connectivity index (χ1n) is 11.8. The van der Waals surface area contributed by atoms with Crippen LogP contribution in [0.15, 0.2) is 42.6 Å². The molecule has 4 aromatic rings. The fraction of sp³-hybridized carbons (Fsp3) is 0.296. The quantitative estimate of drug-likeness (QED) is 0.292. The Morgan fingerprint density at radius 1 is 1.06 bits per heavy atom. The molecule has 0 amide bonds. The number of pyridine rings is 3. The predicted octanol–water partition coefficient (Wildman–Crippen LogP) is 6.72. The Hall–Kier alpha value is -3.25. The molecule has 1 aliphatic carbocycles. The van der Waals surface area contributed by atoms with Crippen molar-refractivity contribution in [3.05, 3.63) is 76.9 Å². The number of halogens is 3. The Morgan fingerprint density at radius 2 is 1.81 bits per heavy atom. The van der Waals surface area contributed by atoms with Gasteiger partial charge in [-0.05, 0) is 64.1 Å². The van der Waals surface area contributed by atoms with E-state index in [1.54, 1.807) is 32.4 Å². The minimum atomic E-state index is -2.56. The minimum absolute atomic E-state index is 0.0867.